The number of guanidine groups is 1. The fraction of sp³-hybridized carbons (Fsp3) is 0.350. The van der Waals surface area contributed by atoms with Gasteiger partial charge in [-0.3, -0.25) is 4.90 Å². The molecular formula is C20H25FN6O3. The average Bonchev–Trinajstić information content (AvgIpc) is 2.73. The van der Waals surface area contributed by atoms with Crippen LogP contribution in [0, 0.1) is 5.82 Å². The third-order valence-corrected chi connectivity index (χ3v) is 4.66. The molecule has 1 aliphatic rings. The number of benzene rings is 1. The number of carbonyl (C=O) groups is 1. The summed E-state index contributed by atoms with van der Waals surface area (Å²) in [7, 11) is 1.62. The van der Waals surface area contributed by atoms with Crippen molar-refractivity contribution in [2.75, 3.05) is 38.2 Å². The molecule has 2 heterocycles. The maximum absolute atomic E-state index is 14.4. The summed E-state index contributed by atoms with van der Waals surface area (Å²) in [4.78, 5) is 24.0. The first-order valence-corrected chi connectivity index (χ1v) is 9.46. The van der Waals surface area contributed by atoms with Crippen LogP contribution in [-0.4, -0.2) is 55.2 Å². The first-order valence-electron chi connectivity index (χ1n) is 9.46. The monoisotopic (exact) mass is 416 g/mol. The molecule has 30 heavy (non-hydrogen) atoms. The first-order chi connectivity index (χ1) is 14.5. The molecule has 1 saturated heterocycles. The van der Waals surface area contributed by atoms with Crippen molar-refractivity contribution in [3.8, 4) is 0 Å². The minimum absolute atomic E-state index is 0.241. The molecular weight excluding hydrogens is 391 g/mol. The van der Waals surface area contributed by atoms with Crippen molar-refractivity contribution >= 4 is 17.9 Å². The van der Waals surface area contributed by atoms with Gasteiger partial charge in [0.05, 0.1) is 12.3 Å². The Hall–Kier alpha value is -3.24. The highest BCUT2D eigenvalue weighted by molar-refractivity contribution is 5.87. The van der Waals surface area contributed by atoms with Crippen LogP contribution < -0.4 is 16.4 Å². The van der Waals surface area contributed by atoms with Crippen LogP contribution >= 0.6 is 0 Å². The molecule has 10 heteroatoms. The number of ether oxygens (including phenoxy) is 2. The van der Waals surface area contributed by atoms with Gasteiger partial charge in [-0.2, -0.15) is 0 Å². The summed E-state index contributed by atoms with van der Waals surface area (Å²) in [5, 5.41) is 0. The molecule has 1 aliphatic heterocycles. The Kier molecular flexibility index (Phi) is 7.15. The predicted octanol–water partition coefficient (Wildman–Crippen LogP) is 1.60. The Morgan fingerprint density at radius 2 is 1.90 bits per heavy atom. The minimum atomic E-state index is -0.973. The summed E-state index contributed by atoms with van der Waals surface area (Å²) in [6.07, 6.45) is -1.92. The Morgan fingerprint density at radius 3 is 2.57 bits per heavy atom. The number of hydrogen-bond donors (Lipinski definition) is 2. The largest absolute Gasteiger partial charge is 0.438 e. The Bertz CT molecular complexity index is 898. The van der Waals surface area contributed by atoms with Crippen molar-refractivity contribution in [3.05, 3.63) is 59.5 Å². The van der Waals surface area contributed by atoms with Gasteiger partial charge in [-0.15, -0.1) is 4.99 Å². The second-order valence-corrected chi connectivity index (χ2v) is 6.74. The first kappa shape index (κ1) is 21.5. The molecule has 1 fully saturated rings. The van der Waals surface area contributed by atoms with Gasteiger partial charge in [-0.1, -0.05) is 24.3 Å². The lowest BCUT2D eigenvalue weighted by Gasteiger charge is -2.39. The van der Waals surface area contributed by atoms with Crippen LogP contribution in [0.3, 0.4) is 0 Å². The molecule has 1 atom stereocenters. The van der Waals surface area contributed by atoms with Gasteiger partial charge >= 0.3 is 6.09 Å². The molecule has 1 amide bonds. The third-order valence-electron chi connectivity index (χ3n) is 4.66. The van der Waals surface area contributed by atoms with Crippen molar-refractivity contribution in [3.63, 3.8) is 0 Å². The van der Waals surface area contributed by atoms with E-state index in [1.165, 1.54) is 6.07 Å². The number of halogens is 1. The van der Waals surface area contributed by atoms with Gasteiger partial charge < -0.3 is 25.8 Å². The molecule has 0 spiro atoms. The highest BCUT2D eigenvalue weighted by Crippen LogP contribution is 2.27. The summed E-state index contributed by atoms with van der Waals surface area (Å²) in [5.74, 6) is -0.0559. The number of aromatic nitrogens is 1. The van der Waals surface area contributed by atoms with Crippen molar-refractivity contribution in [2.45, 2.75) is 12.8 Å². The summed E-state index contributed by atoms with van der Waals surface area (Å²) in [6, 6.07) is 11.9. The number of nitrogens with zero attached hydrogens (tertiary/aromatic N) is 4. The summed E-state index contributed by atoms with van der Waals surface area (Å²) >= 11 is 0. The molecule has 0 aliphatic carbocycles. The highest BCUT2D eigenvalue weighted by Gasteiger charge is 2.30. The summed E-state index contributed by atoms with van der Waals surface area (Å²) in [6.45, 7) is 2.71. The van der Waals surface area contributed by atoms with E-state index >= 15 is 0 Å². The van der Waals surface area contributed by atoms with Gasteiger partial charge in [0.2, 0.25) is 0 Å². The minimum Gasteiger partial charge on any atom is -0.424 e. The van der Waals surface area contributed by atoms with Gasteiger partial charge in [-0.25, -0.2) is 14.2 Å². The van der Waals surface area contributed by atoms with E-state index in [0.29, 0.717) is 32.8 Å². The van der Waals surface area contributed by atoms with Gasteiger partial charge in [0.15, 0.2) is 12.2 Å². The maximum atomic E-state index is 14.4. The molecule has 4 N–H and O–H groups in total. The number of anilines is 1. The van der Waals surface area contributed by atoms with Crippen LogP contribution in [0.4, 0.5) is 15.0 Å². The molecule has 160 valence electrons. The van der Waals surface area contributed by atoms with Crippen LogP contribution in [0.5, 0.6) is 0 Å². The number of hydrogen-bond acceptors (Lipinski definition) is 6. The lowest BCUT2D eigenvalue weighted by Crippen LogP contribution is -2.49. The fourth-order valence-corrected chi connectivity index (χ4v) is 3.29. The number of amides is 1. The number of pyridine rings is 1. The fourth-order valence-electron chi connectivity index (χ4n) is 3.29. The van der Waals surface area contributed by atoms with E-state index < -0.39 is 24.1 Å². The van der Waals surface area contributed by atoms with Gasteiger partial charge in [-0.05, 0) is 18.2 Å². The molecule has 3 rings (SSSR count). The highest BCUT2D eigenvalue weighted by atomic mass is 19.1. The van der Waals surface area contributed by atoms with E-state index in [4.69, 9.17) is 20.9 Å². The van der Waals surface area contributed by atoms with E-state index in [1.807, 2.05) is 23.1 Å². The quantitative estimate of drug-likeness (QED) is 0.538. The Balaban J connectivity index is 1.74. The number of carbonyl (C=O) groups excluding carboxylic acids is 1. The average molecular weight is 416 g/mol. The zero-order valence-electron chi connectivity index (χ0n) is 16.7. The van der Waals surface area contributed by atoms with Crippen LogP contribution in [0.15, 0.2) is 47.5 Å². The van der Waals surface area contributed by atoms with Crippen molar-refractivity contribution < 1.29 is 18.7 Å². The van der Waals surface area contributed by atoms with Crippen molar-refractivity contribution in [2.24, 2.45) is 16.5 Å². The van der Waals surface area contributed by atoms with E-state index in [0.717, 1.165) is 11.5 Å². The Labute approximate surface area is 174 Å². The predicted molar refractivity (Wildman–Crippen MR) is 110 cm³/mol. The summed E-state index contributed by atoms with van der Waals surface area (Å²) in [5.41, 5.74) is 11.6. The standard InChI is InChI=1S/C20H25FN6O3/c1-29-13-14-5-4-8-17(24-14)26-9-11-27(12-10-26)18(30-20(28)25-19(22)23)15-6-2-3-7-16(15)21/h2-8,18H,9-13H2,1H3,(H4,22,23,25,28). The van der Waals surface area contributed by atoms with Crippen LogP contribution in [0.1, 0.15) is 17.5 Å². The Morgan fingerprint density at radius 1 is 1.17 bits per heavy atom. The molecule has 1 aromatic carbocycles. The molecule has 0 bridgehead atoms. The molecule has 0 saturated carbocycles. The number of methoxy groups -OCH3 is 1. The van der Waals surface area contributed by atoms with Crippen LogP contribution in [-0.2, 0) is 16.1 Å². The normalized spacial score (nSPS) is 15.5. The lowest BCUT2D eigenvalue weighted by molar-refractivity contribution is -0.0165. The van der Waals surface area contributed by atoms with Gasteiger partial charge in [0.25, 0.3) is 0 Å². The lowest BCUT2D eigenvalue weighted by atomic mass is 10.1. The zero-order valence-corrected chi connectivity index (χ0v) is 16.7. The smallest absolute Gasteiger partial charge is 0.424 e. The number of nitrogens with two attached hydrogens (primary N) is 2. The maximum Gasteiger partial charge on any atom is 0.438 e. The molecule has 1 unspecified atom stereocenters. The number of aliphatic imine (C=N–C) groups is 1. The summed E-state index contributed by atoms with van der Waals surface area (Å²) < 4.78 is 25.0. The van der Waals surface area contributed by atoms with Crippen molar-refractivity contribution in [1.82, 2.24) is 9.88 Å². The second kappa shape index (κ2) is 9.99. The zero-order chi connectivity index (χ0) is 21.5. The van der Waals surface area contributed by atoms with Crippen molar-refractivity contribution in [1.29, 1.82) is 0 Å². The molecule has 2 aromatic rings. The van der Waals surface area contributed by atoms with Crippen LogP contribution in [0.2, 0.25) is 0 Å². The van der Waals surface area contributed by atoms with E-state index in [1.54, 1.807) is 25.3 Å². The number of rotatable bonds is 6. The van der Waals surface area contributed by atoms with E-state index in [9.17, 15) is 9.18 Å². The van der Waals surface area contributed by atoms with E-state index in [-0.39, 0.29) is 5.56 Å². The molecule has 1 aromatic heterocycles. The topological polar surface area (TPSA) is 119 Å². The number of piperazine rings is 1. The SMILES string of the molecule is COCc1cccc(N2CCN(C(OC(=O)N=C(N)N)c3ccccc3F)CC2)n1. The molecule has 0 radical (unpaired) electrons. The molecule has 9 nitrogen and oxygen atoms in total. The van der Waals surface area contributed by atoms with Gasteiger partial charge in [0.1, 0.15) is 11.6 Å². The van der Waals surface area contributed by atoms with Crippen LogP contribution in [0.25, 0.3) is 0 Å². The van der Waals surface area contributed by atoms with Gasteiger partial charge in [0, 0.05) is 38.9 Å². The third kappa shape index (κ3) is 5.43. The van der Waals surface area contributed by atoms with E-state index in [2.05, 4.69) is 14.9 Å². The second-order valence-electron chi connectivity index (χ2n) is 6.74.